The highest BCUT2D eigenvalue weighted by Crippen LogP contribution is 2.23. The highest BCUT2D eigenvalue weighted by Gasteiger charge is 2.25. The number of nitro groups is 1. The molecule has 0 spiro atoms. The van der Waals surface area contributed by atoms with Gasteiger partial charge in [-0.3, -0.25) is 19.8 Å². The second-order valence-corrected chi connectivity index (χ2v) is 7.65. The van der Waals surface area contributed by atoms with Crippen molar-refractivity contribution in [2.75, 3.05) is 26.2 Å². The lowest BCUT2D eigenvalue weighted by Gasteiger charge is -2.32. The van der Waals surface area contributed by atoms with E-state index < -0.39 is 4.92 Å². The van der Waals surface area contributed by atoms with E-state index in [2.05, 4.69) is 20.5 Å². The fourth-order valence-electron chi connectivity index (χ4n) is 4.07. The summed E-state index contributed by atoms with van der Waals surface area (Å²) in [7, 11) is 0. The van der Waals surface area contributed by atoms with Gasteiger partial charge in [0.25, 0.3) is 5.69 Å². The van der Waals surface area contributed by atoms with Crippen molar-refractivity contribution in [3.63, 3.8) is 0 Å². The molecule has 1 aromatic heterocycles. The van der Waals surface area contributed by atoms with Gasteiger partial charge in [-0.25, -0.2) is 4.98 Å². The zero-order chi connectivity index (χ0) is 19.5. The number of piperidine rings is 1. The van der Waals surface area contributed by atoms with Crippen LogP contribution in [-0.2, 0) is 11.3 Å². The molecule has 2 saturated heterocycles. The maximum absolute atomic E-state index is 12.2. The number of rotatable bonds is 6. The van der Waals surface area contributed by atoms with E-state index >= 15 is 0 Å². The van der Waals surface area contributed by atoms with Gasteiger partial charge in [0.2, 0.25) is 11.8 Å². The summed E-state index contributed by atoms with van der Waals surface area (Å²) in [5.41, 5.74) is 1.08. The zero-order valence-corrected chi connectivity index (χ0v) is 15.7. The van der Waals surface area contributed by atoms with Crippen LogP contribution in [0.5, 0.6) is 0 Å². The number of fused-ring (bicyclic) bond motifs is 1. The molecule has 2 N–H and O–H groups in total. The topological polar surface area (TPSA) is 114 Å². The van der Waals surface area contributed by atoms with E-state index in [-0.39, 0.29) is 17.6 Å². The van der Waals surface area contributed by atoms with Crippen LogP contribution < -0.4 is 10.6 Å². The van der Waals surface area contributed by atoms with E-state index in [0.29, 0.717) is 36.0 Å². The number of hydrogen-bond acceptors (Lipinski definition) is 7. The molecule has 2 fully saturated rings. The van der Waals surface area contributed by atoms with Crippen LogP contribution in [0.2, 0.25) is 0 Å². The number of carbonyl (C=O) groups is 1. The summed E-state index contributed by atoms with van der Waals surface area (Å²) >= 11 is 0. The normalized spacial score (nSPS) is 23.1. The number of nitrogens with zero attached hydrogens (tertiary/aromatic N) is 3. The van der Waals surface area contributed by atoms with Crippen molar-refractivity contribution >= 4 is 22.7 Å². The van der Waals surface area contributed by atoms with Gasteiger partial charge in [0.05, 0.1) is 17.5 Å². The number of benzene rings is 1. The van der Waals surface area contributed by atoms with Crippen molar-refractivity contribution in [3.8, 4) is 0 Å². The van der Waals surface area contributed by atoms with Gasteiger partial charge in [-0.15, -0.1) is 0 Å². The predicted octanol–water partition coefficient (Wildman–Crippen LogP) is 1.82. The Morgan fingerprint density at radius 2 is 2.29 bits per heavy atom. The minimum atomic E-state index is -0.432. The third kappa shape index (κ3) is 4.31. The summed E-state index contributed by atoms with van der Waals surface area (Å²) in [5, 5.41) is 17.2. The van der Waals surface area contributed by atoms with Crippen molar-refractivity contribution in [1.29, 1.82) is 0 Å². The lowest BCUT2D eigenvalue weighted by atomic mass is 9.98. The molecule has 2 aliphatic rings. The number of nitro benzene ring substituents is 1. The monoisotopic (exact) mass is 387 g/mol. The molecule has 0 saturated carbocycles. The molecule has 28 heavy (non-hydrogen) atoms. The SMILES string of the molecule is O=C(NCC1CCCN(Cc2nc3cc([N+](=O)[O-])ccc3o2)C1)C1CCCN1. The number of amides is 1. The fraction of sp³-hybridized carbons (Fsp3) is 0.579. The largest absolute Gasteiger partial charge is 0.439 e. The number of carbonyl (C=O) groups excluding carboxylic acids is 1. The molecule has 0 aliphatic carbocycles. The van der Waals surface area contributed by atoms with Crippen molar-refractivity contribution in [2.24, 2.45) is 5.92 Å². The van der Waals surface area contributed by atoms with E-state index in [1.165, 1.54) is 12.1 Å². The third-order valence-corrected chi connectivity index (χ3v) is 5.53. The van der Waals surface area contributed by atoms with Crippen LogP contribution in [0, 0.1) is 16.0 Å². The van der Waals surface area contributed by atoms with Crippen LogP contribution >= 0.6 is 0 Å². The average molecular weight is 387 g/mol. The maximum Gasteiger partial charge on any atom is 0.271 e. The van der Waals surface area contributed by atoms with Crippen LogP contribution in [-0.4, -0.2) is 52.9 Å². The van der Waals surface area contributed by atoms with Crippen LogP contribution in [0.3, 0.4) is 0 Å². The molecule has 2 atom stereocenters. The third-order valence-electron chi connectivity index (χ3n) is 5.53. The van der Waals surface area contributed by atoms with Crippen molar-refractivity contribution < 1.29 is 14.1 Å². The van der Waals surface area contributed by atoms with Crippen LogP contribution in [0.25, 0.3) is 11.1 Å². The van der Waals surface area contributed by atoms with Gasteiger partial charge >= 0.3 is 0 Å². The Bertz CT molecular complexity index is 861. The molecular weight excluding hydrogens is 362 g/mol. The van der Waals surface area contributed by atoms with Gasteiger partial charge in [0.1, 0.15) is 5.52 Å². The number of nitrogens with one attached hydrogen (secondary N) is 2. The molecule has 150 valence electrons. The minimum Gasteiger partial charge on any atom is -0.439 e. The molecule has 2 unspecified atom stereocenters. The first-order valence-electron chi connectivity index (χ1n) is 9.86. The van der Waals surface area contributed by atoms with Gasteiger partial charge in [-0.2, -0.15) is 0 Å². The Labute approximate surface area is 162 Å². The number of likely N-dealkylation sites (tertiary alicyclic amines) is 1. The Hall–Kier alpha value is -2.52. The van der Waals surface area contributed by atoms with Crippen LogP contribution in [0.1, 0.15) is 31.6 Å². The Morgan fingerprint density at radius 3 is 3.07 bits per heavy atom. The molecule has 9 nitrogen and oxygen atoms in total. The van der Waals surface area contributed by atoms with E-state index in [4.69, 9.17) is 4.42 Å². The lowest BCUT2D eigenvalue weighted by molar-refractivity contribution is -0.384. The molecule has 3 heterocycles. The van der Waals surface area contributed by atoms with Crippen molar-refractivity contribution in [3.05, 3.63) is 34.2 Å². The van der Waals surface area contributed by atoms with Crippen LogP contribution in [0.15, 0.2) is 22.6 Å². The Kier molecular flexibility index (Phi) is 5.54. The molecule has 0 radical (unpaired) electrons. The quantitative estimate of drug-likeness (QED) is 0.574. The summed E-state index contributed by atoms with van der Waals surface area (Å²) < 4.78 is 5.75. The molecule has 2 aromatic rings. The van der Waals surface area contributed by atoms with Crippen LogP contribution in [0.4, 0.5) is 5.69 Å². The number of oxazole rings is 1. The zero-order valence-electron chi connectivity index (χ0n) is 15.7. The molecule has 1 aromatic carbocycles. The van der Waals surface area contributed by atoms with Gasteiger partial charge in [-0.1, -0.05) is 0 Å². The molecule has 2 aliphatic heterocycles. The van der Waals surface area contributed by atoms with Crippen molar-refractivity contribution in [1.82, 2.24) is 20.5 Å². The molecule has 9 heteroatoms. The van der Waals surface area contributed by atoms with E-state index in [0.717, 1.165) is 45.3 Å². The number of hydrogen-bond donors (Lipinski definition) is 2. The summed E-state index contributed by atoms with van der Waals surface area (Å²) in [6.07, 6.45) is 4.13. The van der Waals surface area contributed by atoms with Gasteiger partial charge < -0.3 is 15.1 Å². The first-order valence-corrected chi connectivity index (χ1v) is 9.86. The van der Waals surface area contributed by atoms with E-state index in [9.17, 15) is 14.9 Å². The second-order valence-electron chi connectivity index (χ2n) is 7.65. The minimum absolute atomic E-state index is 0.0119. The van der Waals surface area contributed by atoms with Gasteiger partial charge in [-0.05, 0) is 50.8 Å². The first-order chi connectivity index (χ1) is 13.6. The predicted molar refractivity (Wildman–Crippen MR) is 103 cm³/mol. The summed E-state index contributed by atoms with van der Waals surface area (Å²) in [5.74, 6) is 1.08. The van der Waals surface area contributed by atoms with Gasteiger partial charge in [0.15, 0.2) is 5.58 Å². The average Bonchev–Trinajstić information content (AvgIpc) is 3.35. The van der Waals surface area contributed by atoms with E-state index in [1.807, 2.05) is 0 Å². The number of non-ortho nitro benzene ring substituents is 1. The summed E-state index contributed by atoms with van der Waals surface area (Å²) in [6.45, 7) is 4.00. The molecule has 0 bridgehead atoms. The first kappa shape index (κ1) is 18.8. The highest BCUT2D eigenvalue weighted by atomic mass is 16.6. The maximum atomic E-state index is 12.2. The highest BCUT2D eigenvalue weighted by molar-refractivity contribution is 5.82. The Balaban J connectivity index is 1.32. The summed E-state index contributed by atoms with van der Waals surface area (Å²) in [6, 6.07) is 4.42. The smallest absolute Gasteiger partial charge is 0.271 e. The number of aromatic nitrogens is 1. The van der Waals surface area contributed by atoms with E-state index in [1.54, 1.807) is 6.07 Å². The van der Waals surface area contributed by atoms with Gasteiger partial charge in [0, 0.05) is 25.2 Å². The fourth-order valence-corrected chi connectivity index (χ4v) is 4.07. The van der Waals surface area contributed by atoms with Crippen molar-refractivity contribution in [2.45, 2.75) is 38.3 Å². The molecular formula is C19H25N5O4. The Morgan fingerprint density at radius 1 is 1.39 bits per heavy atom. The second kappa shape index (κ2) is 8.24. The molecule has 1 amide bonds. The summed E-state index contributed by atoms with van der Waals surface area (Å²) in [4.78, 5) is 29.3. The molecule has 4 rings (SSSR count). The lowest BCUT2D eigenvalue weighted by Crippen LogP contribution is -2.45. The standard InChI is InChI=1S/C19H25N5O4/c25-19(15-4-1-7-20-15)21-10-13-3-2-8-23(11-13)12-18-22-16-9-14(24(26)27)5-6-17(16)28-18/h5-6,9,13,15,20H,1-4,7-8,10-12H2,(H,21,25).